The second kappa shape index (κ2) is 7.82. The summed E-state index contributed by atoms with van der Waals surface area (Å²) in [5.74, 6) is -0.0469. The Labute approximate surface area is 179 Å². The van der Waals surface area contributed by atoms with Crippen molar-refractivity contribution in [2.75, 3.05) is 5.75 Å². The monoisotopic (exact) mass is 450 g/mol. The zero-order valence-corrected chi connectivity index (χ0v) is 18.0. The van der Waals surface area contributed by atoms with Crippen LogP contribution >= 0.6 is 0 Å². The van der Waals surface area contributed by atoms with Crippen LogP contribution in [0, 0.1) is 19.8 Å². The number of ether oxygens (including phenoxy) is 1. The molecule has 0 spiro atoms. The Morgan fingerprint density at radius 1 is 1.16 bits per heavy atom. The van der Waals surface area contributed by atoms with Crippen molar-refractivity contribution in [3.05, 3.63) is 64.4 Å². The molecular formula is C23H21F3O4S. The predicted molar refractivity (Wildman–Crippen MR) is 110 cm³/mol. The van der Waals surface area contributed by atoms with Crippen molar-refractivity contribution >= 4 is 27.7 Å². The van der Waals surface area contributed by atoms with E-state index in [1.165, 1.54) is 12.1 Å². The van der Waals surface area contributed by atoms with E-state index in [0.29, 0.717) is 28.2 Å². The van der Waals surface area contributed by atoms with Gasteiger partial charge in [0.15, 0.2) is 0 Å². The van der Waals surface area contributed by atoms with E-state index in [2.05, 4.69) is 0 Å². The van der Waals surface area contributed by atoms with Gasteiger partial charge < -0.3 is 9.15 Å². The summed E-state index contributed by atoms with van der Waals surface area (Å²) < 4.78 is 62.4. The smallest absolute Gasteiger partial charge is 0.416 e. The first-order chi connectivity index (χ1) is 14.5. The summed E-state index contributed by atoms with van der Waals surface area (Å²) in [7, 11) is -1.53. The molecule has 4 nitrogen and oxygen atoms in total. The Morgan fingerprint density at radius 2 is 1.84 bits per heavy atom. The molecule has 164 valence electrons. The van der Waals surface area contributed by atoms with Crippen molar-refractivity contribution in [2.24, 2.45) is 5.92 Å². The zero-order valence-electron chi connectivity index (χ0n) is 17.2. The maximum atomic E-state index is 12.7. The van der Waals surface area contributed by atoms with Crippen LogP contribution in [0.4, 0.5) is 13.2 Å². The quantitative estimate of drug-likeness (QED) is 0.486. The van der Waals surface area contributed by atoms with Gasteiger partial charge in [-0.3, -0.25) is 4.21 Å². The van der Waals surface area contributed by atoms with E-state index in [-0.39, 0.29) is 11.7 Å². The predicted octanol–water partition coefficient (Wildman–Crippen LogP) is 5.59. The Bertz CT molecular complexity index is 1180. The summed E-state index contributed by atoms with van der Waals surface area (Å²) in [5.41, 5.74) is 2.26. The number of benzene rings is 2. The Kier molecular flexibility index (Phi) is 5.45. The van der Waals surface area contributed by atoms with Crippen LogP contribution in [-0.2, 0) is 28.1 Å². The lowest BCUT2D eigenvalue weighted by molar-refractivity contribution is -0.137. The molecule has 0 aliphatic carbocycles. The third-order valence-electron chi connectivity index (χ3n) is 5.55. The molecule has 0 amide bonds. The molecule has 0 saturated heterocycles. The molecule has 0 N–H and O–H groups in total. The van der Waals surface area contributed by atoms with Gasteiger partial charge in [0.2, 0.25) is 0 Å². The number of rotatable bonds is 4. The molecule has 3 atom stereocenters. The minimum atomic E-state index is -4.44. The van der Waals surface area contributed by atoms with Gasteiger partial charge in [-0.25, -0.2) is 4.79 Å². The fourth-order valence-corrected chi connectivity index (χ4v) is 5.31. The number of alkyl halides is 3. The van der Waals surface area contributed by atoms with E-state index in [4.69, 9.17) is 9.15 Å². The van der Waals surface area contributed by atoms with Crippen LogP contribution in [0.3, 0.4) is 0 Å². The first kappa shape index (κ1) is 21.6. The van der Waals surface area contributed by atoms with E-state index in [1.807, 2.05) is 32.9 Å². The molecule has 2 heterocycles. The van der Waals surface area contributed by atoms with E-state index in [0.717, 1.165) is 28.6 Å². The van der Waals surface area contributed by atoms with Gasteiger partial charge in [-0.15, -0.1) is 0 Å². The number of furan rings is 1. The highest BCUT2D eigenvalue weighted by atomic mass is 32.2. The zero-order chi connectivity index (χ0) is 22.5. The number of aryl methyl sites for hydroxylation is 2. The molecule has 0 radical (unpaired) electrons. The van der Waals surface area contributed by atoms with Gasteiger partial charge in [0.25, 0.3) is 0 Å². The minimum absolute atomic E-state index is 0.150. The van der Waals surface area contributed by atoms with Crippen LogP contribution in [0.1, 0.15) is 39.7 Å². The molecule has 8 heteroatoms. The Hall–Kier alpha value is -2.61. The number of fused-ring (bicyclic) bond motifs is 3. The van der Waals surface area contributed by atoms with E-state index in [1.54, 1.807) is 0 Å². The fraction of sp³-hybridized carbons (Fsp3) is 0.348. The normalized spacial score (nSPS) is 18.5. The van der Waals surface area contributed by atoms with Crippen LogP contribution in [-0.4, -0.2) is 22.0 Å². The highest BCUT2D eigenvalue weighted by Gasteiger charge is 2.36. The average Bonchev–Trinajstić information content (AvgIpc) is 3.06. The topological polar surface area (TPSA) is 56.5 Å². The molecule has 0 fully saturated rings. The van der Waals surface area contributed by atoms with Crippen molar-refractivity contribution < 1.29 is 31.3 Å². The number of hydrogen-bond acceptors (Lipinski definition) is 4. The third kappa shape index (κ3) is 4.13. The maximum Gasteiger partial charge on any atom is 0.416 e. The first-order valence-electron chi connectivity index (χ1n) is 9.84. The highest BCUT2D eigenvalue weighted by Crippen LogP contribution is 2.36. The van der Waals surface area contributed by atoms with E-state index < -0.39 is 34.6 Å². The molecule has 0 bridgehead atoms. The Balaban J connectivity index is 1.52. The van der Waals surface area contributed by atoms with Gasteiger partial charge in [0.1, 0.15) is 23.0 Å². The van der Waals surface area contributed by atoms with Crippen LogP contribution in [0.5, 0.6) is 0 Å². The fourth-order valence-electron chi connectivity index (χ4n) is 3.99. The molecule has 4 rings (SSSR count). The highest BCUT2D eigenvalue weighted by molar-refractivity contribution is 7.85. The van der Waals surface area contributed by atoms with E-state index >= 15 is 0 Å². The number of hydrogen-bond donors (Lipinski definition) is 0. The second-order valence-corrected chi connectivity index (χ2v) is 9.51. The number of esters is 1. The van der Waals surface area contributed by atoms with Crippen LogP contribution in [0.2, 0.25) is 0 Å². The van der Waals surface area contributed by atoms with Gasteiger partial charge in [0.05, 0.1) is 16.4 Å². The first-order valence-corrected chi connectivity index (χ1v) is 11.2. The molecule has 31 heavy (non-hydrogen) atoms. The van der Waals surface area contributed by atoms with Crippen molar-refractivity contribution in [3.8, 4) is 0 Å². The van der Waals surface area contributed by atoms with Gasteiger partial charge in [-0.1, -0.05) is 13.0 Å². The van der Waals surface area contributed by atoms with Crippen molar-refractivity contribution in [3.63, 3.8) is 0 Å². The van der Waals surface area contributed by atoms with Gasteiger partial charge in [-0.05, 0) is 55.3 Å². The minimum Gasteiger partial charge on any atom is -0.460 e. The molecule has 1 aliphatic rings. The number of carbonyl (C=O) groups is 1. The lowest BCUT2D eigenvalue weighted by Crippen LogP contribution is -2.34. The molecule has 3 aromatic rings. The standard InChI is InChI=1S/C23H21F3O4S/c1-12-8-13(2)20-18(9-12)29-19-10-17(30-22(27)21(19)20)14(3)11-31(28)16-6-4-15(5-7-16)23(24,25)26/h4-9,14,17H,10-11H2,1-3H3. The lowest BCUT2D eigenvalue weighted by Gasteiger charge is -2.27. The number of carbonyl (C=O) groups excluding carboxylic acids is 1. The summed E-state index contributed by atoms with van der Waals surface area (Å²) >= 11 is 0. The lowest BCUT2D eigenvalue weighted by atomic mass is 9.95. The van der Waals surface area contributed by atoms with Crippen LogP contribution < -0.4 is 0 Å². The summed E-state index contributed by atoms with van der Waals surface area (Å²) in [6.07, 6.45) is -4.61. The molecule has 3 unspecified atom stereocenters. The molecule has 0 saturated carbocycles. The largest absolute Gasteiger partial charge is 0.460 e. The number of cyclic esters (lactones) is 1. The average molecular weight is 450 g/mol. The van der Waals surface area contributed by atoms with Crippen molar-refractivity contribution in [2.45, 2.75) is 44.4 Å². The van der Waals surface area contributed by atoms with Gasteiger partial charge >= 0.3 is 12.1 Å². The molecule has 1 aromatic heterocycles. The van der Waals surface area contributed by atoms with Crippen LogP contribution in [0.15, 0.2) is 45.7 Å². The van der Waals surface area contributed by atoms with E-state index in [9.17, 15) is 22.2 Å². The number of halogens is 3. The van der Waals surface area contributed by atoms with Gasteiger partial charge in [0, 0.05) is 28.4 Å². The summed E-state index contributed by atoms with van der Waals surface area (Å²) in [6, 6.07) is 8.15. The molecular weight excluding hydrogens is 429 g/mol. The third-order valence-corrected chi connectivity index (χ3v) is 7.17. The van der Waals surface area contributed by atoms with Crippen molar-refractivity contribution in [1.29, 1.82) is 0 Å². The van der Waals surface area contributed by atoms with Gasteiger partial charge in [-0.2, -0.15) is 13.2 Å². The maximum absolute atomic E-state index is 12.7. The summed E-state index contributed by atoms with van der Waals surface area (Å²) in [5, 5.41) is 0.755. The SMILES string of the molecule is Cc1cc(C)c2c3c(oc2c1)CC(C(C)CS(=O)c1ccc(C(F)(F)F)cc1)OC3=O. The molecule has 1 aliphatic heterocycles. The summed E-state index contributed by atoms with van der Waals surface area (Å²) in [6.45, 7) is 5.68. The molecule has 2 aromatic carbocycles. The van der Waals surface area contributed by atoms with Crippen molar-refractivity contribution in [1.82, 2.24) is 0 Å². The summed E-state index contributed by atoms with van der Waals surface area (Å²) in [4.78, 5) is 13.0. The van der Waals surface area contributed by atoms with Crippen LogP contribution in [0.25, 0.3) is 11.0 Å². The Morgan fingerprint density at radius 3 is 2.48 bits per heavy atom. The second-order valence-electron chi connectivity index (χ2n) is 8.01.